The first-order valence-corrected chi connectivity index (χ1v) is 39.6. The molecule has 37 heteroatoms. The number of carboxylic acid groups (broad SMARTS) is 1. The Bertz CT molecular complexity index is 3560. The number of hydrogen-bond acceptors (Lipinski definition) is 18. The molecule has 0 bridgehead atoms. The van der Waals surface area contributed by atoms with Crippen molar-refractivity contribution in [3.63, 3.8) is 0 Å². The Morgan fingerprint density at radius 3 is 1.20 bits per heavy atom. The molecule has 1 aliphatic rings. The van der Waals surface area contributed by atoms with Crippen LogP contribution in [0.1, 0.15) is 158 Å². The molecule has 1 heterocycles. The van der Waals surface area contributed by atoms with Crippen molar-refractivity contribution in [2.45, 2.75) is 233 Å². The molecule has 14 amide bonds. The summed E-state index contributed by atoms with van der Waals surface area (Å²) in [5.74, 6) is -18.9. The topological polar surface area (TPSA) is 582 Å². The third kappa shape index (κ3) is 35.7. The summed E-state index contributed by atoms with van der Waals surface area (Å²) in [7, 11) is 0. The second-order valence-electron chi connectivity index (χ2n) is 30.0. The lowest BCUT2D eigenvalue weighted by atomic mass is 9.94. The van der Waals surface area contributed by atoms with Gasteiger partial charge in [0.05, 0.1) is 12.3 Å². The number of nitrogens with two attached hydrogens (primary N) is 3. The first-order chi connectivity index (χ1) is 53.2. The van der Waals surface area contributed by atoms with Gasteiger partial charge in [0.25, 0.3) is 0 Å². The molecule has 2 aromatic rings. The van der Waals surface area contributed by atoms with Crippen LogP contribution in [0.3, 0.4) is 0 Å². The molecular weight excluding hydrogens is 1480 g/mol. The minimum Gasteiger partial charge on any atom is -0.481 e. The maximum Gasteiger partial charge on any atom is 0.303 e. The summed E-state index contributed by atoms with van der Waals surface area (Å²) in [5.41, 5.74) is 17.6. The van der Waals surface area contributed by atoms with E-state index in [1.165, 1.54) is 0 Å². The minimum atomic E-state index is -1.71. The Morgan fingerprint density at radius 2 is 0.779 bits per heavy atom. The monoisotopic (exact) mass is 1600 g/mol. The summed E-state index contributed by atoms with van der Waals surface area (Å²) in [6.45, 7) is 19.7. The van der Waals surface area contributed by atoms with E-state index in [9.17, 15) is 77.0 Å². The molecule has 24 N–H and O–H groups in total. The van der Waals surface area contributed by atoms with Gasteiger partial charge in [-0.15, -0.1) is 11.8 Å². The van der Waals surface area contributed by atoms with E-state index >= 15 is 0 Å². The third-order valence-electron chi connectivity index (χ3n) is 18.7. The van der Waals surface area contributed by atoms with Crippen LogP contribution < -0.4 is 97.0 Å². The Balaban J connectivity index is 2.38. The number of carboxylic acids is 1. The highest BCUT2D eigenvalue weighted by atomic mass is 32.2. The molecular formula is C76H122N20O16S. The average molecular weight is 1600 g/mol. The number of guanidine groups is 2. The van der Waals surface area contributed by atoms with Crippen molar-refractivity contribution >= 4 is 112 Å². The van der Waals surface area contributed by atoms with Crippen LogP contribution in [0.4, 0.5) is 0 Å². The number of carbonyl (C=O) groups excluding carboxylic acids is 14. The predicted octanol–water partition coefficient (Wildman–Crippen LogP) is -1.47. The zero-order chi connectivity index (χ0) is 84.8. The van der Waals surface area contributed by atoms with Gasteiger partial charge in [-0.05, 0) is 91.6 Å². The van der Waals surface area contributed by atoms with Gasteiger partial charge < -0.3 is 102 Å². The van der Waals surface area contributed by atoms with Gasteiger partial charge in [0.1, 0.15) is 72.5 Å². The SMILES string of the molecule is CC[C@H](C)[C@@H]1NC(=O)[C@H](CC(C)C)NC(=O)[C@H](Cc2ccccc2)NC(=O)CSC[C@@H](C(=O)NCC(N)=O)NC(=O)[C@H](CCCNC(=N)N)NC(=O)[C@H](Cc2ccccc2)NC(=O)[C@H](C(C)C)NC(=O)[C@H](CCCNC(=N)N)NC(=O)[C@H](CCC(=O)O)NC(=O)[C@H](CC(C)C)NC(=O)[C@H]([C@@H](C)CC)NC(=O)[C@H](C(C)C)NC1=O. The summed E-state index contributed by atoms with van der Waals surface area (Å²) < 4.78 is 0. The smallest absolute Gasteiger partial charge is 0.303 e. The van der Waals surface area contributed by atoms with Crippen LogP contribution in [0.15, 0.2) is 60.7 Å². The number of aliphatic carboxylic acids is 1. The number of benzene rings is 2. The van der Waals surface area contributed by atoms with Gasteiger partial charge in [0.15, 0.2) is 11.9 Å². The summed E-state index contributed by atoms with van der Waals surface area (Å²) in [6, 6.07) is -0.686. The highest BCUT2D eigenvalue weighted by molar-refractivity contribution is 8.00. The number of nitrogens with one attached hydrogen (secondary N) is 17. The normalized spacial score (nSPS) is 23.9. The van der Waals surface area contributed by atoms with E-state index in [2.05, 4.69) is 79.8 Å². The van der Waals surface area contributed by atoms with Crippen LogP contribution in [0.2, 0.25) is 0 Å². The fourth-order valence-electron chi connectivity index (χ4n) is 12.0. The molecule has 2 aromatic carbocycles. The van der Waals surface area contributed by atoms with Gasteiger partial charge in [-0.25, -0.2) is 0 Å². The molecule has 0 radical (unpaired) electrons. The highest BCUT2D eigenvalue weighted by Gasteiger charge is 2.40. The lowest BCUT2D eigenvalue weighted by Crippen LogP contribution is -2.62. The molecule has 0 aliphatic carbocycles. The number of rotatable bonds is 28. The average Bonchev–Trinajstić information content (AvgIpc) is 0.840. The number of amides is 14. The van der Waals surface area contributed by atoms with Crippen LogP contribution in [0.5, 0.6) is 0 Å². The van der Waals surface area contributed by atoms with Gasteiger partial charge in [-0.3, -0.25) is 82.7 Å². The number of hydrogen-bond donors (Lipinski definition) is 21. The first-order valence-electron chi connectivity index (χ1n) is 38.5. The van der Waals surface area contributed by atoms with Crippen molar-refractivity contribution in [3.05, 3.63) is 71.8 Å². The fourth-order valence-corrected chi connectivity index (χ4v) is 12.9. The van der Waals surface area contributed by atoms with Gasteiger partial charge in [0.2, 0.25) is 82.7 Å². The van der Waals surface area contributed by atoms with Crippen molar-refractivity contribution in [3.8, 4) is 0 Å². The van der Waals surface area contributed by atoms with Crippen molar-refractivity contribution in [2.24, 2.45) is 52.7 Å². The van der Waals surface area contributed by atoms with Crippen LogP contribution in [-0.4, -0.2) is 209 Å². The van der Waals surface area contributed by atoms with E-state index in [0.717, 1.165) is 11.8 Å². The number of carbonyl (C=O) groups is 15. The van der Waals surface area contributed by atoms with Gasteiger partial charge in [0, 0.05) is 38.1 Å². The molecule has 1 saturated heterocycles. The van der Waals surface area contributed by atoms with E-state index in [0.29, 0.717) is 24.0 Å². The lowest BCUT2D eigenvalue weighted by Gasteiger charge is -2.32. The Morgan fingerprint density at radius 1 is 0.442 bits per heavy atom. The number of primary amides is 1. The molecule has 113 heavy (non-hydrogen) atoms. The van der Waals surface area contributed by atoms with Crippen molar-refractivity contribution in [2.75, 3.05) is 31.1 Å². The van der Waals surface area contributed by atoms with Crippen LogP contribution in [0, 0.1) is 46.3 Å². The van der Waals surface area contributed by atoms with E-state index < -0.39 is 222 Å². The molecule has 0 spiro atoms. The summed E-state index contributed by atoms with van der Waals surface area (Å²) in [4.78, 5) is 215. The molecule has 0 aromatic heterocycles. The fraction of sp³-hybridized carbons (Fsp3) is 0.618. The zero-order valence-electron chi connectivity index (χ0n) is 66.9. The highest BCUT2D eigenvalue weighted by Crippen LogP contribution is 2.19. The molecule has 0 unspecified atom stereocenters. The largest absolute Gasteiger partial charge is 0.481 e. The lowest BCUT2D eigenvalue weighted by molar-refractivity contribution is -0.139. The Hall–Kier alpha value is -10.6. The maximum absolute atomic E-state index is 15.0. The first kappa shape index (κ1) is 96.6. The van der Waals surface area contributed by atoms with E-state index in [1.54, 1.807) is 144 Å². The van der Waals surface area contributed by atoms with Crippen molar-refractivity contribution < 1.29 is 77.0 Å². The van der Waals surface area contributed by atoms with Crippen molar-refractivity contribution in [1.29, 1.82) is 10.8 Å². The van der Waals surface area contributed by atoms with E-state index in [-0.39, 0.29) is 82.0 Å². The van der Waals surface area contributed by atoms with E-state index in [4.69, 9.17) is 28.0 Å². The standard InChI is InChI=1S/C76H122N20O16S/c1-13-44(11)61-73(111)90-51(33-40(3)4)67(105)88-50(29-30-58(99)100)65(103)86-49(28-22-32-83-76(80)81)66(104)93-59(42(7)8)71(109)91-54(36-47-25-19-16-20-26-47)69(107)87-48(27-21-31-82-75(78)79)64(102)92-55(63(101)84-37-56(77)97)38-113-39-57(98)85-53(35-46-23-17-15-18-24-46)68(106)89-52(34-41(5)6)70(108)95-62(45(12)14-2)74(112)94-60(43(9)10)72(110)96-61/h15-20,23-26,40-45,48-55,59-62H,13-14,21-22,27-39H2,1-12H3,(H2,77,97)(H,84,101)(H,85,98)(H,86,103)(H,87,107)(H,88,105)(H,89,106)(H,90,111)(H,91,109)(H,92,102)(H,93,104)(H,94,112)(H,95,108)(H,96,110)(H,99,100)(H4,78,79,82)(H4,80,81,83)/t44-,45-,48-,49-,50-,51-,52-,53-,54-,55-,59-,60-,61-,62-/m0/s1. The minimum absolute atomic E-state index is 0.000510. The third-order valence-corrected chi connectivity index (χ3v) is 19.7. The molecule has 1 fully saturated rings. The molecule has 36 nitrogen and oxygen atoms in total. The maximum atomic E-state index is 15.0. The molecule has 14 atom stereocenters. The molecule has 3 rings (SSSR count). The van der Waals surface area contributed by atoms with Crippen LogP contribution in [0.25, 0.3) is 0 Å². The van der Waals surface area contributed by atoms with Gasteiger partial charge in [-0.2, -0.15) is 0 Å². The summed E-state index contributed by atoms with van der Waals surface area (Å²) in [6.07, 6.45) is -1.35. The van der Waals surface area contributed by atoms with Crippen LogP contribution in [-0.2, 0) is 84.8 Å². The Kier molecular flexibility index (Phi) is 42.5. The van der Waals surface area contributed by atoms with Gasteiger partial charge in [-0.1, -0.05) is 157 Å². The van der Waals surface area contributed by atoms with Gasteiger partial charge >= 0.3 is 5.97 Å². The Labute approximate surface area is 665 Å². The van der Waals surface area contributed by atoms with Crippen LogP contribution >= 0.6 is 11.8 Å². The molecule has 1 aliphatic heterocycles. The zero-order valence-corrected chi connectivity index (χ0v) is 67.7. The molecule has 0 saturated carbocycles. The quantitative estimate of drug-likeness (QED) is 0.0263. The van der Waals surface area contributed by atoms with Crippen molar-refractivity contribution in [1.82, 2.24) is 79.8 Å². The molecule has 628 valence electrons. The summed E-state index contributed by atoms with van der Waals surface area (Å²) >= 11 is 0.819. The second-order valence-corrected chi connectivity index (χ2v) is 31.0. The second kappa shape index (κ2) is 49.7. The number of thioether (sulfide) groups is 1. The predicted molar refractivity (Wildman–Crippen MR) is 426 cm³/mol. The summed E-state index contributed by atoms with van der Waals surface area (Å²) in [5, 5.41) is 65.4. The van der Waals surface area contributed by atoms with E-state index in [1.807, 2.05) is 0 Å².